The van der Waals surface area contributed by atoms with E-state index in [1.807, 2.05) is 6.26 Å². The summed E-state index contributed by atoms with van der Waals surface area (Å²) >= 11 is 1.56. The molecule has 3 N–H and O–H groups in total. The summed E-state index contributed by atoms with van der Waals surface area (Å²) in [6.07, 6.45) is 2.34. The van der Waals surface area contributed by atoms with Gasteiger partial charge in [-0.15, -0.1) is 0 Å². The van der Waals surface area contributed by atoms with Crippen LogP contribution in [0.25, 0.3) is 0 Å². The van der Waals surface area contributed by atoms with Crippen molar-refractivity contribution in [1.29, 1.82) is 0 Å². The number of hydrogen-bond donors (Lipinski definition) is 3. The Labute approximate surface area is 119 Å². The molecule has 112 valence electrons. The molecule has 0 bridgehead atoms. The van der Waals surface area contributed by atoms with Crippen molar-refractivity contribution in [2.75, 3.05) is 18.6 Å². The number of aliphatic carboxylic acids is 1. The number of carbonyl (C=O) groups is 2. The molecule has 2 amide bonds. The van der Waals surface area contributed by atoms with Gasteiger partial charge in [0.1, 0.15) is 6.04 Å². The van der Waals surface area contributed by atoms with Crippen LogP contribution >= 0.6 is 11.8 Å². The van der Waals surface area contributed by atoms with Crippen molar-refractivity contribution in [1.82, 2.24) is 10.6 Å². The van der Waals surface area contributed by atoms with E-state index in [0.29, 0.717) is 24.6 Å². The minimum atomic E-state index is -0.993. The van der Waals surface area contributed by atoms with E-state index in [4.69, 9.17) is 5.11 Å². The Balaban J connectivity index is 4.17. The number of thioether (sulfide) groups is 1. The molecule has 0 fully saturated rings. The first-order valence-electron chi connectivity index (χ1n) is 6.44. The van der Waals surface area contributed by atoms with Crippen molar-refractivity contribution < 1.29 is 14.7 Å². The SMILES string of the molecule is CSCCC(NC(=O)NCC(C)C(C)(C)C)C(=O)O. The van der Waals surface area contributed by atoms with Gasteiger partial charge in [-0.2, -0.15) is 11.8 Å². The summed E-state index contributed by atoms with van der Waals surface area (Å²) in [4.78, 5) is 22.6. The van der Waals surface area contributed by atoms with Crippen molar-refractivity contribution in [3.05, 3.63) is 0 Å². The molecule has 2 atom stereocenters. The predicted molar refractivity (Wildman–Crippen MR) is 79.6 cm³/mol. The van der Waals surface area contributed by atoms with Gasteiger partial charge >= 0.3 is 12.0 Å². The summed E-state index contributed by atoms with van der Waals surface area (Å²) in [5.74, 6) is 0.0242. The first kappa shape index (κ1) is 18.1. The summed E-state index contributed by atoms with van der Waals surface area (Å²) in [5.41, 5.74) is 0.109. The zero-order valence-corrected chi connectivity index (χ0v) is 13.3. The van der Waals surface area contributed by atoms with Gasteiger partial charge in [0.05, 0.1) is 0 Å². The molecular weight excluding hydrogens is 264 g/mol. The molecule has 0 aliphatic rings. The maximum atomic E-state index is 11.7. The minimum absolute atomic E-state index is 0.109. The monoisotopic (exact) mass is 290 g/mol. The van der Waals surface area contributed by atoms with Crippen LogP contribution in [0.15, 0.2) is 0 Å². The lowest BCUT2D eigenvalue weighted by Crippen LogP contribution is -2.47. The van der Waals surface area contributed by atoms with E-state index >= 15 is 0 Å². The van der Waals surface area contributed by atoms with Gasteiger partial charge in [-0.1, -0.05) is 27.7 Å². The average molecular weight is 290 g/mol. The van der Waals surface area contributed by atoms with E-state index < -0.39 is 18.0 Å². The van der Waals surface area contributed by atoms with Crippen LogP contribution in [0.2, 0.25) is 0 Å². The Morgan fingerprint density at radius 3 is 2.32 bits per heavy atom. The molecule has 2 unspecified atom stereocenters. The van der Waals surface area contributed by atoms with Crippen LogP contribution in [0.4, 0.5) is 4.79 Å². The number of carboxylic acid groups (broad SMARTS) is 1. The van der Waals surface area contributed by atoms with Crippen molar-refractivity contribution >= 4 is 23.8 Å². The molecular formula is C13H26N2O3S. The Morgan fingerprint density at radius 1 is 1.32 bits per heavy atom. The quantitative estimate of drug-likeness (QED) is 0.671. The van der Waals surface area contributed by atoms with Gasteiger partial charge in [-0.25, -0.2) is 9.59 Å². The van der Waals surface area contributed by atoms with Gasteiger partial charge in [-0.3, -0.25) is 0 Å². The predicted octanol–water partition coefficient (Wildman–Crippen LogP) is 2.17. The molecule has 0 saturated carbocycles. The molecule has 0 aromatic heterocycles. The lowest BCUT2D eigenvalue weighted by Gasteiger charge is -2.27. The Hall–Kier alpha value is -0.910. The first-order chi connectivity index (χ1) is 8.68. The highest BCUT2D eigenvalue weighted by Crippen LogP contribution is 2.24. The van der Waals surface area contributed by atoms with E-state index in [1.54, 1.807) is 11.8 Å². The third kappa shape index (κ3) is 7.97. The second-order valence-corrected chi connectivity index (χ2v) is 6.78. The number of amides is 2. The molecule has 0 aromatic rings. The summed E-state index contributed by atoms with van der Waals surface area (Å²) in [7, 11) is 0. The van der Waals surface area contributed by atoms with Crippen molar-refractivity contribution in [2.24, 2.45) is 11.3 Å². The van der Waals surface area contributed by atoms with Crippen LogP contribution in [-0.2, 0) is 4.79 Å². The Morgan fingerprint density at radius 2 is 1.89 bits per heavy atom. The fourth-order valence-corrected chi connectivity index (χ4v) is 1.73. The second-order valence-electron chi connectivity index (χ2n) is 5.79. The average Bonchev–Trinajstić information content (AvgIpc) is 2.29. The molecule has 6 heteroatoms. The van der Waals surface area contributed by atoms with Gasteiger partial charge < -0.3 is 15.7 Å². The maximum Gasteiger partial charge on any atom is 0.326 e. The number of carboxylic acids is 1. The Kier molecular flexibility index (Phi) is 7.90. The van der Waals surface area contributed by atoms with Crippen LogP contribution < -0.4 is 10.6 Å². The van der Waals surface area contributed by atoms with Crippen LogP contribution in [-0.4, -0.2) is 41.7 Å². The Bertz CT molecular complexity index is 303. The molecule has 19 heavy (non-hydrogen) atoms. The maximum absolute atomic E-state index is 11.7. The van der Waals surface area contributed by atoms with Crippen molar-refractivity contribution in [2.45, 2.75) is 40.2 Å². The third-order valence-electron chi connectivity index (χ3n) is 3.26. The molecule has 0 aromatic carbocycles. The number of urea groups is 1. The van der Waals surface area contributed by atoms with Crippen molar-refractivity contribution in [3.8, 4) is 0 Å². The number of rotatable bonds is 7. The normalized spacial score (nSPS) is 14.6. The van der Waals surface area contributed by atoms with Gasteiger partial charge in [0.25, 0.3) is 0 Å². The molecule has 0 rings (SSSR count). The molecule has 0 saturated heterocycles. The van der Waals surface area contributed by atoms with Crippen LogP contribution in [0.3, 0.4) is 0 Å². The van der Waals surface area contributed by atoms with Gasteiger partial charge in [0.2, 0.25) is 0 Å². The highest BCUT2D eigenvalue weighted by Gasteiger charge is 2.22. The molecule has 0 aliphatic heterocycles. The fourth-order valence-electron chi connectivity index (χ4n) is 1.25. The lowest BCUT2D eigenvalue weighted by molar-refractivity contribution is -0.139. The van der Waals surface area contributed by atoms with Crippen molar-refractivity contribution in [3.63, 3.8) is 0 Å². The highest BCUT2D eigenvalue weighted by atomic mass is 32.2. The number of carbonyl (C=O) groups excluding carboxylic acids is 1. The van der Waals surface area contributed by atoms with E-state index in [-0.39, 0.29) is 5.41 Å². The summed E-state index contributed by atoms with van der Waals surface area (Å²) in [6, 6.07) is -1.23. The summed E-state index contributed by atoms with van der Waals surface area (Å²) < 4.78 is 0. The largest absolute Gasteiger partial charge is 0.480 e. The zero-order chi connectivity index (χ0) is 15.1. The van der Waals surface area contributed by atoms with Crippen LogP contribution in [0.5, 0.6) is 0 Å². The number of nitrogens with one attached hydrogen (secondary N) is 2. The summed E-state index contributed by atoms with van der Waals surface area (Å²) in [5, 5.41) is 14.2. The third-order valence-corrected chi connectivity index (χ3v) is 3.91. The van der Waals surface area contributed by atoms with Gasteiger partial charge in [-0.05, 0) is 29.8 Å². The fraction of sp³-hybridized carbons (Fsp3) is 0.846. The standard InChI is InChI=1S/C13H26N2O3S/c1-9(13(2,3)4)8-14-12(18)15-10(11(16)17)6-7-19-5/h9-10H,6-8H2,1-5H3,(H,16,17)(H2,14,15,18). The van der Waals surface area contributed by atoms with E-state index in [9.17, 15) is 9.59 Å². The van der Waals surface area contributed by atoms with Crippen LogP contribution in [0, 0.1) is 11.3 Å². The summed E-state index contributed by atoms with van der Waals surface area (Å²) in [6.45, 7) is 8.91. The zero-order valence-electron chi connectivity index (χ0n) is 12.4. The number of hydrogen-bond acceptors (Lipinski definition) is 3. The minimum Gasteiger partial charge on any atom is -0.480 e. The molecule has 0 heterocycles. The highest BCUT2D eigenvalue weighted by molar-refractivity contribution is 7.98. The molecule has 0 radical (unpaired) electrons. The lowest BCUT2D eigenvalue weighted by atomic mass is 9.82. The van der Waals surface area contributed by atoms with Gasteiger partial charge in [0, 0.05) is 6.54 Å². The first-order valence-corrected chi connectivity index (χ1v) is 7.84. The molecule has 0 spiro atoms. The second kappa shape index (κ2) is 8.30. The smallest absolute Gasteiger partial charge is 0.326 e. The van der Waals surface area contributed by atoms with E-state index in [0.717, 1.165) is 0 Å². The van der Waals surface area contributed by atoms with E-state index in [2.05, 4.69) is 38.3 Å². The molecule has 5 nitrogen and oxygen atoms in total. The van der Waals surface area contributed by atoms with E-state index in [1.165, 1.54) is 0 Å². The van der Waals surface area contributed by atoms with Crippen LogP contribution in [0.1, 0.15) is 34.1 Å². The molecule has 0 aliphatic carbocycles. The van der Waals surface area contributed by atoms with Gasteiger partial charge in [0.15, 0.2) is 0 Å². The topological polar surface area (TPSA) is 78.4 Å².